The fourth-order valence-corrected chi connectivity index (χ4v) is 2.13. The number of carbonyl (C=O) groups is 1. The monoisotopic (exact) mass is 268 g/mol. The van der Waals surface area contributed by atoms with Crippen LogP contribution in [0.25, 0.3) is 0 Å². The molecule has 3 N–H and O–H groups in total. The number of nitrogens with one attached hydrogen (secondary N) is 1. The third-order valence-corrected chi connectivity index (χ3v) is 3.50. The van der Waals surface area contributed by atoms with Crippen molar-refractivity contribution >= 4 is 5.91 Å². The fourth-order valence-electron chi connectivity index (χ4n) is 2.13. The molecule has 1 saturated carbocycles. The highest BCUT2D eigenvalue weighted by Gasteiger charge is 2.40. The van der Waals surface area contributed by atoms with E-state index in [0.717, 1.165) is 12.8 Å². The zero-order valence-electron chi connectivity index (χ0n) is 10.3. The molecule has 0 bridgehead atoms. The molecule has 0 spiro atoms. The maximum atomic E-state index is 11.9. The summed E-state index contributed by atoms with van der Waals surface area (Å²) < 4.78 is 35.6. The summed E-state index contributed by atoms with van der Waals surface area (Å²) in [5.74, 6) is -0.0188. The summed E-state index contributed by atoms with van der Waals surface area (Å²) in [7, 11) is 0. The summed E-state index contributed by atoms with van der Waals surface area (Å²) in [6.45, 7) is 0.717. The van der Waals surface area contributed by atoms with Gasteiger partial charge in [0.2, 0.25) is 0 Å². The molecule has 1 aliphatic carbocycles. The van der Waals surface area contributed by atoms with Crippen LogP contribution in [0, 0.1) is 11.3 Å². The second kappa shape index (κ2) is 5.88. The van der Waals surface area contributed by atoms with Gasteiger partial charge in [0.15, 0.2) is 6.61 Å². The van der Waals surface area contributed by atoms with Crippen LogP contribution in [0.5, 0.6) is 0 Å². The topological polar surface area (TPSA) is 64.4 Å². The van der Waals surface area contributed by atoms with E-state index in [-0.39, 0.29) is 6.54 Å². The Labute approximate surface area is 104 Å². The molecule has 0 atom stereocenters. The average Bonchev–Trinajstić information content (AvgIpc) is 2.28. The SMILES string of the molecule is CC1CCC(CN)(C(=O)NOCC(F)(F)F)CC1. The average molecular weight is 268 g/mol. The lowest BCUT2D eigenvalue weighted by atomic mass is 9.70. The molecule has 4 nitrogen and oxygen atoms in total. The number of halogens is 3. The molecular formula is C11H19F3N2O2. The van der Waals surface area contributed by atoms with Crippen molar-refractivity contribution in [2.24, 2.45) is 17.1 Å². The highest BCUT2D eigenvalue weighted by atomic mass is 19.4. The zero-order chi connectivity index (χ0) is 13.8. The van der Waals surface area contributed by atoms with Gasteiger partial charge in [0.1, 0.15) is 0 Å². The van der Waals surface area contributed by atoms with Crippen molar-refractivity contribution in [2.45, 2.75) is 38.8 Å². The molecule has 0 aromatic heterocycles. The van der Waals surface area contributed by atoms with Crippen LogP contribution < -0.4 is 11.2 Å². The number of amides is 1. The van der Waals surface area contributed by atoms with Gasteiger partial charge in [0.05, 0.1) is 5.41 Å². The number of carbonyl (C=O) groups excluding carboxylic acids is 1. The first-order valence-corrected chi connectivity index (χ1v) is 5.98. The molecule has 0 radical (unpaired) electrons. The van der Waals surface area contributed by atoms with Gasteiger partial charge in [-0.1, -0.05) is 6.92 Å². The van der Waals surface area contributed by atoms with Gasteiger partial charge in [-0.3, -0.25) is 9.63 Å². The lowest BCUT2D eigenvalue weighted by molar-refractivity contribution is -0.195. The number of hydrogen-bond donors (Lipinski definition) is 2. The molecule has 18 heavy (non-hydrogen) atoms. The van der Waals surface area contributed by atoms with E-state index in [0.29, 0.717) is 18.8 Å². The molecule has 0 unspecified atom stereocenters. The molecule has 106 valence electrons. The Bertz CT molecular complexity index is 287. The number of nitrogens with two attached hydrogens (primary N) is 1. The van der Waals surface area contributed by atoms with Gasteiger partial charge in [-0.2, -0.15) is 13.2 Å². The van der Waals surface area contributed by atoms with Crippen molar-refractivity contribution in [3.05, 3.63) is 0 Å². The van der Waals surface area contributed by atoms with Crippen LogP contribution in [0.3, 0.4) is 0 Å². The standard InChI is InChI=1S/C11H19F3N2O2/c1-8-2-4-10(6-15,5-3-8)9(17)16-18-7-11(12,13)14/h8H,2-7,15H2,1H3,(H,16,17). The van der Waals surface area contributed by atoms with Crippen LogP contribution in [0.4, 0.5) is 13.2 Å². The Hall–Kier alpha value is -0.820. The number of alkyl halides is 3. The molecule has 1 amide bonds. The first kappa shape index (κ1) is 15.2. The van der Waals surface area contributed by atoms with Gasteiger partial charge in [-0.25, -0.2) is 5.48 Å². The summed E-state index contributed by atoms with van der Waals surface area (Å²) in [6.07, 6.45) is -1.57. The predicted molar refractivity (Wildman–Crippen MR) is 59.3 cm³/mol. The largest absolute Gasteiger partial charge is 0.414 e. The lowest BCUT2D eigenvalue weighted by Crippen LogP contribution is -2.48. The van der Waals surface area contributed by atoms with Crippen LogP contribution in [0.1, 0.15) is 32.6 Å². The fraction of sp³-hybridized carbons (Fsp3) is 0.909. The van der Waals surface area contributed by atoms with Gasteiger partial charge in [0.25, 0.3) is 5.91 Å². The van der Waals surface area contributed by atoms with Crippen LogP contribution in [0.2, 0.25) is 0 Å². The highest BCUT2D eigenvalue weighted by molar-refractivity contribution is 5.82. The Morgan fingerprint density at radius 2 is 2.00 bits per heavy atom. The molecule has 1 aliphatic rings. The summed E-state index contributed by atoms with van der Waals surface area (Å²) >= 11 is 0. The quantitative estimate of drug-likeness (QED) is 0.763. The van der Waals surface area contributed by atoms with Crippen LogP contribution in [-0.2, 0) is 9.63 Å². The third kappa shape index (κ3) is 4.13. The van der Waals surface area contributed by atoms with Crippen molar-refractivity contribution in [3.8, 4) is 0 Å². The van der Waals surface area contributed by atoms with Crippen molar-refractivity contribution in [3.63, 3.8) is 0 Å². The minimum Gasteiger partial charge on any atom is -0.329 e. The van der Waals surface area contributed by atoms with Crippen molar-refractivity contribution in [2.75, 3.05) is 13.2 Å². The van der Waals surface area contributed by atoms with E-state index >= 15 is 0 Å². The molecule has 0 aliphatic heterocycles. The molecule has 0 aromatic carbocycles. The molecular weight excluding hydrogens is 249 g/mol. The van der Waals surface area contributed by atoms with E-state index in [4.69, 9.17) is 5.73 Å². The van der Waals surface area contributed by atoms with Gasteiger partial charge in [0, 0.05) is 6.54 Å². The van der Waals surface area contributed by atoms with E-state index in [1.165, 1.54) is 0 Å². The summed E-state index contributed by atoms with van der Waals surface area (Å²) in [5.41, 5.74) is 6.70. The van der Waals surface area contributed by atoms with Crippen molar-refractivity contribution < 1.29 is 22.8 Å². The van der Waals surface area contributed by atoms with Crippen LogP contribution >= 0.6 is 0 Å². The van der Waals surface area contributed by atoms with E-state index in [1.807, 2.05) is 5.48 Å². The van der Waals surface area contributed by atoms with Gasteiger partial charge in [-0.05, 0) is 31.6 Å². The summed E-state index contributed by atoms with van der Waals surface area (Å²) in [6, 6.07) is 0. The van der Waals surface area contributed by atoms with E-state index in [1.54, 1.807) is 0 Å². The van der Waals surface area contributed by atoms with E-state index in [2.05, 4.69) is 11.8 Å². The second-order valence-corrected chi connectivity index (χ2v) is 5.00. The Morgan fingerprint density at radius 3 is 2.44 bits per heavy atom. The number of hydroxylamine groups is 1. The summed E-state index contributed by atoms with van der Waals surface area (Å²) in [5, 5.41) is 0. The van der Waals surface area contributed by atoms with Gasteiger partial charge in [-0.15, -0.1) is 0 Å². The third-order valence-electron chi connectivity index (χ3n) is 3.50. The minimum absolute atomic E-state index is 0.126. The molecule has 1 rings (SSSR count). The van der Waals surface area contributed by atoms with Crippen LogP contribution in [-0.4, -0.2) is 25.2 Å². The Kier molecular flexibility index (Phi) is 4.98. The number of rotatable bonds is 4. The van der Waals surface area contributed by atoms with E-state index in [9.17, 15) is 18.0 Å². The molecule has 0 heterocycles. The van der Waals surface area contributed by atoms with E-state index < -0.39 is 24.1 Å². The zero-order valence-corrected chi connectivity index (χ0v) is 10.3. The molecule has 0 saturated heterocycles. The highest BCUT2D eigenvalue weighted by Crippen LogP contribution is 2.38. The number of hydrogen-bond acceptors (Lipinski definition) is 3. The maximum absolute atomic E-state index is 11.9. The molecule has 1 fully saturated rings. The van der Waals surface area contributed by atoms with Crippen molar-refractivity contribution in [1.29, 1.82) is 0 Å². The van der Waals surface area contributed by atoms with Gasteiger partial charge >= 0.3 is 6.18 Å². The second-order valence-electron chi connectivity index (χ2n) is 5.00. The van der Waals surface area contributed by atoms with Crippen molar-refractivity contribution in [1.82, 2.24) is 5.48 Å². The Morgan fingerprint density at radius 1 is 1.44 bits per heavy atom. The smallest absolute Gasteiger partial charge is 0.329 e. The molecule has 7 heteroatoms. The first-order valence-electron chi connectivity index (χ1n) is 5.98. The predicted octanol–water partition coefficient (Wildman–Crippen LogP) is 1.75. The molecule has 0 aromatic rings. The normalized spacial score (nSPS) is 29.1. The minimum atomic E-state index is -4.45. The maximum Gasteiger partial charge on any atom is 0.414 e. The lowest BCUT2D eigenvalue weighted by Gasteiger charge is -2.36. The first-order chi connectivity index (χ1) is 8.29. The van der Waals surface area contributed by atoms with Gasteiger partial charge < -0.3 is 5.73 Å². The van der Waals surface area contributed by atoms with Crippen LogP contribution in [0.15, 0.2) is 0 Å². The summed E-state index contributed by atoms with van der Waals surface area (Å²) in [4.78, 5) is 16.0. The Balaban J connectivity index is 2.47.